The van der Waals surface area contributed by atoms with E-state index in [0.29, 0.717) is 19.3 Å². The van der Waals surface area contributed by atoms with Gasteiger partial charge in [0.05, 0.1) is 0 Å². The van der Waals surface area contributed by atoms with Gasteiger partial charge in [0.2, 0.25) is 0 Å². The van der Waals surface area contributed by atoms with Gasteiger partial charge in [-0.2, -0.15) is 0 Å². The molecule has 0 aromatic carbocycles. The van der Waals surface area contributed by atoms with Gasteiger partial charge in [0.1, 0.15) is 13.2 Å². The third-order valence-electron chi connectivity index (χ3n) is 14.5. The van der Waals surface area contributed by atoms with Crippen molar-refractivity contribution in [2.24, 2.45) is 0 Å². The van der Waals surface area contributed by atoms with E-state index in [2.05, 4.69) is 81.5 Å². The number of unbranched alkanes of at least 4 members (excludes halogenated alkanes) is 39. The number of allylic oxidation sites excluding steroid dienone is 10. The summed E-state index contributed by atoms with van der Waals surface area (Å²) in [7, 11) is 0. The molecule has 0 N–H and O–H groups in total. The van der Waals surface area contributed by atoms with E-state index in [0.717, 1.165) is 96.3 Å². The molecule has 436 valence electrons. The van der Waals surface area contributed by atoms with E-state index >= 15 is 0 Å². The number of hydrogen-bond donors (Lipinski definition) is 0. The van der Waals surface area contributed by atoms with Crippen molar-refractivity contribution in [3.63, 3.8) is 0 Å². The zero-order valence-electron chi connectivity index (χ0n) is 50.1. The van der Waals surface area contributed by atoms with Crippen molar-refractivity contribution in [1.29, 1.82) is 0 Å². The zero-order valence-corrected chi connectivity index (χ0v) is 50.1. The van der Waals surface area contributed by atoms with Crippen LogP contribution < -0.4 is 0 Å². The van der Waals surface area contributed by atoms with E-state index < -0.39 is 6.10 Å². The van der Waals surface area contributed by atoms with Crippen LogP contribution in [0.25, 0.3) is 0 Å². The summed E-state index contributed by atoms with van der Waals surface area (Å²) in [5, 5.41) is 0. The normalized spacial score (nSPS) is 12.4. The molecule has 0 saturated heterocycles. The third kappa shape index (κ3) is 61.8. The highest BCUT2D eigenvalue weighted by molar-refractivity contribution is 5.71. The van der Waals surface area contributed by atoms with Gasteiger partial charge < -0.3 is 14.2 Å². The van der Waals surface area contributed by atoms with Gasteiger partial charge in [0.15, 0.2) is 6.10 Å². The minimum absolute atomic E-state index is 0.0713. The monoisotopic (exact) mass is 1050 g/mol. The minimum atomic E-state index is -0.773. The summed E-state index contributed by atoms with van der Waals surface area (Å²) in [5.41, 5.74) is 0. The van der Waals surface area contributed by atoms with Gasteiger partial charge in [-0.1, -0.05) is 306 Å². The summed E-state index contributed by atoms with van der Waals surface area (Å²) >= 11 is 0. The highest BCUT2D eigenvalue weighted by Gasteiger charge is 2.19. The number of carbonyl (C=O) groups excluding carboxylic acids is 3. The van der Waals surface area contributed by atoms with Crippen LogP contribution in [-0.2, 0) is 28.6 Å². The van der Waals surface area contributed by atoms with Crippen LogP contribution in [0.4, 0.5) is 0 Å². The lowest BCUT2D eigenvalue weighted by Gasteiger charge is -2.18. The van der Waals surface area contributed by atoms with E-state index in [9.17, 15) is 14.4 Å². The van der Waals surface area contributed by atoms with E-state index in [1.54, 1.807) is 0 Å². The molecule has 0 rings (SSSR count). The van der Waals surface area contributed by atoms with Crippen LogP contribution in [0.15, 0.2) is 60.8 Å². The lowest BCUT2D eigenvalue weighted by Crippen LogP contribution is -2.30. The molecule has 0 heterocycles. The standard InChI is InChI=1S/C69H124O6/c1-4-7-10-13-16-19-22-24-26-28-29-30-31-32-33-34-35-36-37-38-39-40-41-42-44-45-47-50-53-56-59-62-68(71)74-65-66(64-73-67(70)61-58-55-52-49-21-18-15-12-9-6-3)75-69(72)63-60-57-54-51-48-46-43-27-25-23-20-17-14-11-8-5-2/h7,10,12,15-16,19,24,26,29-30,66H,4-6,8-9,11,13-14,17-18,20-23,25,27-28,31-65H2,1-3H3/b10-7-,15-12-,19-16-,26-24-,30-29-. The van der Waals surface area contributed by atoms with Gasteiger partial charge >= 0.3 is 17.9 Å². The largest absolute Gasteiger partial charge is 0.462 e. The SMILES string of the molecule is CC/C=C\C/C=C\C/C=C\C/C=C\CCCCCCCCCCCCCCCCCCCCC(=O)OCC(COC(=O)CCCCCCC/C=C\CCC)OC(=O)CCCCCCCCCCCCCCCCCC. The first-order valence-corrected chi connectivity index (χ1v) is 32.8. The van der Waals surface area contributed by atoms with E-state index in [4.69, 9.17) is 14.2 Å². The number of hydrogen-bond acceptors (Lipinski definition) is 6. The molecule has 0 aliphatic rings. The van der Waals surface area contributed by atoms with E-state index in [1.165, 1.54) is 205 Å². The number of rotatable bonds is 60. The Labute approximate surface area is 466 Å². The highest BCUT2D eigenvalue weighted by Crippen LogP contribution is 2.18. The van der Waals surface area contributed by atoms with Crippen LogP contribution in [-0.4, -0.2) is 37.2 Å². The van der Waals surface area contributed by atoms with Gasteiger partial charge in [-0.15, -0.1) is 0 Å². The molecule has 0 bridgehead atoms. The fourth-order valence-electron chi connectivity index (χ4n) is 9.62. The molecule has 0 fully saturated rings. The van der Waals surface area contributed by atoms with Crippen LogP contribution >= 0.6 is 0 Å². The molecular formula is C69H124O6. The number of carbonyl (C=O) groups is 3. The summed E-state index contributed by atoms with van der Waals surface area (Å²) in [6.07, 6.45) is 81.1. The molecule has 6 heteroatoms. The topological polar surface area (TPSA) is 78.9 Å². The average Bonchev–Trinajstić information content (AvgIpc) is 3.41. The molecule has 1 atom stereocenters. The second kappa shape index (κ2) is 63.6. The van der Waals surface area contributed by atoms with Crippen LogP contribution in [0.2, 0.25) is 0 Å². The van der Waals surface area contributed by atoms with E-state index in [-0.39, 0.29) is 31.1 Å². The van der Waals surface area contributed by atoms with Crippen molar-refractivity contribution < 1.29 is 28.6 Å². The Morgan fingerprint density at radius 3 is 0.880 bits per heavy atom. The molecule has 6 nitrogen and oxygen atoms in total. The predicted molar refractivity (Wildman–Crippen MR) is 325 cm³/mol. The molecule has 1 unspecified atom stereocenters. The summed E-state index contributed by atoms with van der Waals surface area (Å²) in [6.45, 7) is 6.51. The van der Waals surface area contributed by atoms with E-state index in [1.807, 2.05) is 0 Å². The van der Waals surface area contributed by atoms with Crippen molar-refractivity contribution in [3.8, 4) is 0 Å². The van der Waals surface area contributed by atoms with Gasteiger partial charge in [0.25, 0.3) is 0 Å². The molecular weight excluding hydrogens is 925 g/mol. The van der Waals surface area contributed by atoms with Crippen molar-refractivity contribution in [1.82, 2.24) is 0 Å². The lowest BCUT2D eigenvalue weighted by atomic mass is 10.0. The molecule has 0 saturated carbocycles. The summed E-state index contributed by atoms with van der Waals surface area (Å²) < 4.78 is 16.9. The highest BCUT2D eigenvalue weighted by atomic mass is 16.6. The van der Waals surface area contributed by atoms with Gasteiger partial charge in [-0.25, -0.2) is 0 Å². The fraction of sp³-hybridized carbons (Fsp3) is 0.812. The van der Waals surface area contributed by atoms with Crippen LogP contribution in [0.1, 0.15) is 342 Å². The van der Waals surface area contributed by atoms with Crippen molar-refractivity contribution in [2.75, 3.05) is 13.2 Å². The quantitative estimate of drug-likeness (QED) is 0.0261. The molecule has 0 aromatic rings. The molecule has 0 aliphatic carbocycles. The maximum atomic E-state index is 12.9. The Kier molecular flexibility index (Phi) is 61.2. The van der Waals surface area contributed by atoms with Crippen molar-refractivity contribution in [3.05, 3.63) is 60.8 Å². The first-order chi connectivity index (χ1) is 37.0. The first kappa shape index (κ1) is 72.1. The molecule has 0 radical (unpaired) electrons. The zero-order chi connectivity index (χ0) is 54.3. The Morgan fingerprint density at radius 1 is 0.280 bits per heavy atom. The Bertz CT molecular complexity index is 1340. The van der Waals surface area contributed by atoms with Crippen LogP contribution in [0.5, 0.6) is 0 Å². The summed E-state index contributed by atoms with van der Waals surface area (Å²) in [5.74, 6) is -0.862. The predicted octanol–water partition coefficient (Wildman–Crippen LogP) is 22.3. The number of ether oxygens (including phenoxy) is 3. The summed E-state index contributed by atoms with van der Waals surface area (Å²) in [6, 6.07) is 0. The maximum absolute atomic E-state index is 12.9. The molecule has 0 spiro atoms. The van der Waals surface area contributed by atoms with Gasteiger partial charge in [0, 0.05) is 19.3 Å². The fourth-order valence-corrected chi connectivity index (χ4v) is 9.62. The van der Waals surface area contributed by atoms with Crippen molar-refractivity contribution in [2.45, 2.75) is 348 Å². The maximum Gasteiger partial charge on any atom is 0.306 e. The average molecular weight is 1050 g/mol. The van der Waals surface area contributed by atoms with Crippen LogP contribution in [0.3, 0.4) is 0 Å². The minimum Gasteiger partial charge on any atom is -0.462 e. The smallest absolute Gasteiger partial charge is 0.306 e. The lowest BCUT2D eigenvalue weighted by molar-refractivity contribution is -0.167. The molecule has 0 aliphatic heterocycles. The van der Waals surface area contributed by atoms with Gasteiger partial charge in [-0.3, -0.25) is 14.4 Å². The molecule has 0 amide bonds. The Balaban J connectivity index is 4.09. The third-order valence-corrected chi connectivity index (χ3v) is 14.5. The van der Waals surface area contributed by atoms with Crippen LogP contribution in [0, 0.1) is 0 Å². The van der Waals surface area contributed by atoms with Crippen molar-refractivity contribution >= 4 is 17.9 Å². The summed E-state index contributed by atoms with van der Waals surface area (Å²) in [4.78, 5) is 38.2. The second-order valence-corrected chi connectivity index (χ2v) is 22.0. The second-order valence-electron chi connectivity index (χ2n) is 22.0. The van der Waals surface area contributed by atoms with Gasteiger partial charge in [-0.05, 0) is 77.0 Å². The molecule has 0 aromatic heterocycles. The molecule has 75 heavy (non-hydrogen) atoms. The first-order valence-electron chi connectivity index (χ1n) is 32.8. The Hall–Kier alpha value is -2.89. The number of esters is 3. The Morgan fingerprint density at radius 2 is 0.547 bits per heavy atom.